The van der Waals surface area contributed by atoms with Crippen molar-refractivity contribution in [1.29, 1.82) is 0 Å². The number of hydrogen-bond donors (Lipinski definition) is 1. The first-order valence-corrected chi connectivity index (χ1v) is 14.6. The van der Waals surface area contributed by atoms with E-state index < -0.39 is 0 Å². The van der Waals surface area contributed by atoms with Gasteiger partial charge in [0.2, 0.25) is 12.7 Å². The minimum atomic E-state index is -0.244. The number of carbonyl (C=O) groups is 1. The van der Waals surface area contributed by atoms with Gasteiger partial charge in [-0.25, -0.2) is 4.98 Å². The molecule has 2 unspecified atom stereocenters. The number of pyridine rings is 1. The Labute approximate surface area is 242 Å². The van der Waals surface area contributed by atoms with Crippen LogP contribution < -0.4 is 19.5 Å². The summed E-state index contributed by atoms with van der Waals surface area (Å²) in [6.07, 6.45) is 6.09. The van der Waals surface area contributed by atoms with Crippen LogP contribution in [0.2, 0.25) is 0 Å². The number of benzene rings is 2. The second-order valence-electron chi connectivity index (χ2n) is 10.5. The van der Waals surface area contributed by atoms with Crippen LogP contribution in [0.5, 0.6) is 17.2 Å². The highest BCUT2D eigenvalue weighted by Gasteiger charge is 2.26. The van der Waals surface area contributed by atoms with Gasteiger partial charge >= 0.3 is 0 Å². The van der Waals surface area contributed by atoms with Crippen molar-refractivity contribution in [3.8, 4) is 17.2 Å². The van der Waals surface area contributed by atoms with E-state index in [1.165, 1.54) is 0 Å². The zero-order valence-corrected chi connectivity index (χ0v) is 24.2. The van der Waals surface area contributed by atoms with Crippen molar-refractivity contribution < 1.29 is 19.0 Å². The molecule has 8 nitrogen and oxygen atoms in total. The first kappa shape index (κ1) is 28.5. The quantitative estimate of drug-likeness (QED) is 0.212. The van der Waals surface area contributed by atoms with Gasteiger partial charge < -0.3 is 28.8 Å². The number of ether oxygens (including phenoxy) is 3. The average molecular weight is 557 g/mol. The molecular weight excluding hydrogens is 516 g/mol. The summed E-state index contributed by atoms with van der Waals surface area (Å²) < 4.78 is 19.4. The predicted molar refractivity (Wildman–Crippen MR) is 160 cm³/mol. The molecule has 2 aromatic heterocycles. The Balaban J connectivity index is 1.36. The van der Waals surface area contributed by atoms with Crippen LogP contribution in [-0.4, -0.2) is 52.7 Å². The molecule has 1 N–H and O–H groups in total. The number of hydrogen-bond acceptors (Lipinski definition) is 6. The lowest BCUT2D eigenvalue weighted by Crippen LogP contribution is -2.34. The number of aromatic nitrogens is 2. The lowest BCUT2D eigenvalue weighted by Gasteiger charge is -2.21. The maximum absolute atomic E-state index is 13.4. The monoisotopic (exact) mass is 556 g/mol. The maximum Gasteiger partial charge on any atom is 0.231 e. The third-order valence-corrected chi connectivity index (χ3v) is 7.72. The number of nitrogens with zero attached hydrogens (tertiary/aromatic N) is 3. The lowest BCUT2D eigenvalue weighted by molar-refractivity contribution is -0.122. The van der Waals surface area contributed by atoms with Crippen LogP contribution in [0.1, 0.15) is 62.8 Å². The molecule has 0 spiro atoms. The fourth-order valence-electron chi connectivity index (χ4n) is 5.39. The summed E-state index contributed by atoms with van der Waals surface area (Å²) in [5.41, 5.74) is 3.68. The van der Waals surface area contributed by atoms with Crippen LogP contribution in [0.25, 0.3) is 5.65 Å². The van der Waals surface area contributed by atoms with Gasteiger partial charge in [-0.3, -0.25) is 4.79 Å². The largest absolute Gasteiger partial charge is 0.485 e. The molecule has 3 heterocycles. The second kappa shape index (κ2) is 13.5. The fraction of sp³-hybridized carbons (Fsp3) is 0.394. The minimum Gasteiger partial charge on any atom is -0.485 e. The van der Waals surface area contributed by atoms with Crippen LogP contribution in [0.3, 0.4) is 0 Å². The van der Waals surface area contributed by atoms with Crippen molar-refractivity contribution in [2.24, 2.45) is 0 Å². The Morgan fingerprint density at radius 1 is 1.07 bits per heavy atom. The summed E-state index contributed by atoms with van der Waals surface area (Å²) in [4.78, 5) is 20.6. The molecule has 0 fully saturated rings. The van der Waals surface area contributed by atoms with Crippen LogP contribution in [0.4, 0.5) is 0 Å². The topological polar surface area (TPSA) is 77.3 Å². The highest BCUT2D eigenvalue weighted by Crippen LogP contribution is 2.38. The van der Waals surface area contributed by atoms with Crippen molar-refractivity contribution in [3.63, 3.8) is 0 Å². The third-order valence-electron chi connectivity index (χ3n) is 7.72. The van der Waals surface area contributed by atoms with Crippen LogP contribution >= 0.6 is 0 Å². The van der Waals surface area contributed by atoms with Gasteiger partial charge in [0.1, 0.15) is 6.61 Å². The number of fused-ring (bicyclic) bond motifs is 2. The Morgan fingerprint density at radius 2 is 1.88 bits per heavy atom. The maximum atomic E-state index is 13.4. The van der Waals surface area contributed by atoms with Gasteiger partial charge in [-0.2, -0.15) is 0 Å². The Hall–Kier alpha value is -4.04. The number of carbonyl (C=O) groups excluding carboxylic acids is 1. The molecule has 0 radical (unpaired) electrons. The zero-order chi connectivity index (χ0) is 28.6. The third kappa shape index (κ3) is 7.00. The van der Waals surface area contributed by atoms with E-state index in [2.05, 4.69) is 31.0 Å². The molecule has 5 rings (SSSR count). The molecule has 1 aliphatic rings. The van der Waals surface area contributed by atoms with Crippen LogP contribution in [-0.2, 0) is 11.4 Å². The summed E-state index contributed by atoms with van der Waals surface area (Å²) in [6, 6.07) is 19.9. The molecular formula is C33H40N4O4. The smallest absolute Gasteiger partial charge is 0.231 e. The molecule has 0 aliphatic carbocycles. The molecule has 1 aliphatic heterocycles. The van der Waals surface area contributed by atoms with E-state index in [0.717, 1.165) is 49.3 Å². The van der Waals surface area contributed by atoms with Gasteiger partial charge in [0.25, 0.3) is 0 Å². The van der Waals surface area contributed by atoms with Crippen molar-refractivity contribution in [1.82, 2.24) is 19.6 Å². The van der Waals surface area contributed by atoms with Gasteiger partial charge in [-0.15, -0.1) is 0 Å². The number of imidazole rings is 1. The predicted octanol–water partition coefficient (Wildman–Crippen LogP) is 5.79. The summed E-state index contributed by atoms with van der Waals surface area (Å²) in [7, 11) is 0. The van der Waals surface area contributed by atoms with E-state index >= 15 is 0 Å². The highest BCUT2D eigenvalue weighted by molar-refractivity contribution is 5.78. The highest BCUT2D eigenvalue weighted by atomic mass is 16.7. The fourth-order valence-corrected chi connectivity index (χ4v) is 5.39. The molecule has 41 heavy (non-hydrogen) atoms. The van der Waals surface area contributed by atoms with Crippen molar-refractivity contribution >= 4 is 11.6 Å². The molecule has 2 atom stereocenters. The normalized spacial score (nSPS) is 13.9. The summed E-state index contributed by atoms with van der Waals surface area (Å²) in [5, 5.41) is 3.23. The van der Waals surface area contributed by atoms with Gasteiger partial charge in [0.15, 0.2) is 22.9 Å². The van der Waals surface area contributed by atoms with E-state index in [1.54, 1.807) is 0 Å². The molecule has 8 heteroatoms. The first-order chi connectivity index (χ1) is 20.1. The Bertz CT molecular complexity index is 1430. The van der Waals surface area contributed by atoms with Crippen LogP contribution in [0, 0.1) is 0 Å². The van der Waals surface area contributed by atoms with E-state index in [-0.39, 0.29) is 31.1 Å². The summed E-state index contributed by atoms with van der Waals surface area (Å²) in [5.74, 6) is 1.87. The van der Waals surface area contributed by atoms with Gasteiger partial charge in [-0.1, -0.05) is 50.2 Å². The summed E-state index contributed by atoms with van der Waals surface area (Å²) in [6.45, 7) is 10.2. The van der Waals surface area contributed by atoms with Gasteiger partial charge in [0, 0.05) is 30.8 Å². The van der Waals surface area contributed by atoms with Gasteiger partial charge in [-0.05, 0) is 74.8 Å². The first-order valence-electron chi connectivity index (χ1n) is 14.6. The van der Waals surface area contributed by atoms with Crippen molar-refractivity contribution in [2.45, 2.75) is 58.6 Å². The van der Waals surface area contributed by atoms with Crippen molar-refractivity contribution in [2.75, 3.05) is 26.4 Å². The molecule has 0 bridgehead atoms. The van der Waals surface area contributed by atoms with E-state index in [4.69, 9.17) is 19.2 Å². The molecule has 216 valence electrons. The molecule has 2 aromatic carbocycles. The number of rotatable bonds is 14. The number of nitrogens with one attached hydrogen (secondary N) is 1. The standard InChI is InChI=1S/C33H40N4O4/c1-4-36(5-2)17-9-11-24(3)35-32(38)20-27(26-15-16-29-31(19-26)41-23-40-29)28-21-34-33-30(14-10-18-37(28)33)39-22-25-12-7-6-8-13-25/h6-8,10,12-16,18-19,21,24,27H,4-5,9,11,17,20,22-23H2,1-3H3,(H,35,38). The van der Waals surface area contributed by atoms with E-state index in [0.29, 0.717) is 29.5 Å². The number of amides is 1. The molecule has 4 aromatic rings. The minimum absolute atomic E-state index is 0.00874. The second-order valence-corrected chi connectivity index (χ2v) is 10.5. The molecule has 0 saturated carbocycles. The lowest BCUT2D eigenvalue weighted by atomic mass is 9.91. The zero-order valence-electron chi connectivity index (χ0n) is 24.2. The average Bonchev–Trinajstić information content (AvgIpc) is 3.65. The Kier molecular flexibility index (Phi) is 9.41. The SMILES string of the molecule is CCN(CC)CCCC(C)NC(=O)CC(c1ccc2c(c1)OCO2)c1cnc2c(OCc3ccccc3)cccn12. The van der Waals surface area contributed by atoms with E-state index in [9.17, 15) is 4.79 Å². The van der Waals surface area contributed by atoms with Crippen LogP contribution in [0.15, 0.2) is 73.1 Å². The molecule has 1 amide bonds. The Morgan fingerprint density at radius 3 is 2.68 bits per heavy atom. The summed E-state index contributed by atoms with van der Waals surface area (Å²) >= 11 is 0. The van der Waals surface area contributed by atoms with Gasteiger partial charge in [0.05, 0.1) is 5.69 Å². The van der Waals surface area contributed by atoms with Crippen molar-refractivity contribution in [3.05, 3.63) is 89.9 Å². The molecule has 0 saturated heterocycles. The van der Waals surface area contributed by atoms with E-state index in [1.807, 2.05) is 77.5 Å².